The van der Waals surface area contributed by atoms with E-state index in [0.29, 0.717) is 13.0 Å². The Morgan fingerprint density at radius 3 is 2.78 bits per heavy atom. The highest BCUT2D eigenvalue weighted by atomic mass is 19.1. The molecule has 1 unspecified atom stereocenters. The van der Waals surface area contributed by atoms with Gasteiger partial charge in [0.2, 0.25) is 5.43 Å². The Kier molecular flexibility index (Phi) is 5.74. The molecule has 32 heavy (non-hydrogen) atoms. The van der Waals surface area contributed by atoms with Gasteiger partial charge in [-0.05, 0) is 25.0 Å². The van der Waals surface area contributed by atoms with Gasteiger partial charge in [-0.1, -0.05) is 12.1 Å². The van der Waals surface area contributed by atoms with E-state index < -0.39 is 34.3 Å². The van der Waals surface area contributed by atoms with Crippen molar-refractivity contribution in [1.82, 2.24) is 14.8 Å². The molecule has 2 aromatic rings. The molecule has 2 amide bonds. The van der Waals surface area contributed by atoms with Crippen LogP contribution in [0.25, 0.3) is 0 Å². The number of halogens is 1. The largest absolute Gasteiger partial charge is 0.503 e. The summed E-state index contributed by atoms with van der Waals surface area (Å²) in [5.74, 6) is -2.72. The monoisotopic (exact) mass is 445 g/mol. The third kappa shape index (κ3) is 3.65. The van der Waals surface area contributed by atoms with Gasteiger partial charge in [0, 0.05) is 38.0 Å². The normalized spacial score (nSPS) is 20.0. The summed E-state index contributed by atoms with van der Waals surface area (Å²) >= 11 is 0. The highest BCUT2D eigenvalue weighted by Crippen LogP contribution is 2.36. The lowest BCUT2D eigenvalue weighted by atomic mass is 9.92. The zero-order chi connectivity index (χ0) is 23.0. The van der Waals surface area contributed by atoms with E-state index in [-0.39, 0.29) is 49.7 Å². The number of benzene rings is 1. The van der Waals surface area contributed by atoms with Crippen molar-refractivity contribution in [1.29, 1.82) is 0 Å². The van der Waals surface area contributed by atoms with E-state index in [2.05, 4.69) is 5.32 Å². The Morgan fingerprint density at radius 1 is 1.34 bits per heavy atom. The van der Waals surface area contributed by atoms with Gasteiger partial charge in [0.1, 0.15) is 11.4 Å². The molecule has 2 aliphatic rings. The lowest BCUT2D eigenvalue weighted by molar-refractivity contribution is 0.0452. The van der Waals surface area contributed by atoms with Crippen LogP contribution in [0, 0.1) is 12.7 Å². The third-order valence-corrected chi connectivity index (χ3v) is 6.01. The van der Waals surface area contributed by atoms with Crippen molar-refractivity contribution >= 4 is 11.8 Å². The molecule has 2 aliphatic heterocycles. The molecule has 1 saturated heterocycles. The number of aliphatic hydroxyl groups excluding tert-OH is 1. The number of aromatic nitrogens is 1. The van der Waals surface area contributed by atoms with Gasteiger partial charge in [0.05, 0.1) is 18.8 Å². The first-order valence-electron chi connectivity index (χ1n) is 10.3. The van der Waals surface area contributed by atoms with Crippen molar-refractivity contribution < 1.29 is 28.9 Å². The number of ether oxygens (including phenoxy) is 1. The summed E-state index contributed by atoms with van der Waals surface area (Å²) in [5.41, 5.74) is -1.37. The molecule has 10 heteroatoms. The van der Waals surface area contributed by atoms with Crippen LogP contribution >= 0.6 is 0 Å². The van der Waals surface area contributed by atoms with Crippen LogP contribution in [0.15, 0.2) is 29.2 Å². The minimum atomic E-state index is -0.994. The first kappa shape index (κ1) is 22.0. The summed E-state index contributed by atoms with van der Waals surface area (Å²) in [4.78, 5) is 39.8. The molecule has 0 bridgehead atoms. The van der Waals surface area contributed by atoms with Crippen LogP contribution in [0.1, 0.15) is 38.4 Å². The number of fused-ring (bicyclic) bond motifs is 2. The quantitative estimate of drug-likeness (QED) is 0.616. The highest BCUT2D eigenvalue weighted by Gasteiger charge is 2.47. The number of hydrogen-bond donors (Lipinski definition) is 3. The summed E-state index contributed by atoms with van der Waals surface area (Å²) in [6.07, 6.45) is 1.76. The van der Waals surface area contributed by atoms with Crippen LogP contribution in [-0.2, 0) is 16.8 Å². The van der Waals surface area contributed by atoms with E-state index in [9.17, 15) is 29.0 Å². The van der Waals surface area contributed by atoms with Crippen LogP contribution in [0.2, 0.25) is 0 Å². The third-order valence-electron chi connectivity index (χ3n) is 6.01. The second-order valence-electron chi connectivity index (χ2n) is 8.19. The maximum absolute atomic E-state index is 14.1. The molecule has 9 nitrogen and oxygen atoms in total. The summed E-state index contributed by atoms with van der Waals surface area (Å²) in [7, 11) is 0. The topological polar surface area (TPSA) is 121 Å². The number of amides is 2. The Hall–Kier alpha value is -3.24. The average Bonchev–Trinajstić information content (AvgIpc) is 3.22. The minimum Gasteiger partial charge on any atom is -0.503 e. The number of β-amino-alcohol motifs (C(OH)–C–C–N with tert-alkyl or cyclic N) is 1. The number of rotatable bonds is 5. The smallest absolute Gasteiger partial charge is 0.274 e. The number of aliphatic hydroxyl groups is 1. The molecule has 1 atom stereocenters. The van der Waals surface area contributed by atoms with E-state index in [4.69, 9.17) is 4.74 Å². The van der Waals surface area contributed by atoms with Gasteiger partial charge in [0.15, 0.2) is 11.4 Å². The van der Waals surface area contributed by atoms with Crippen molar-refractivity contribution in [3.63, 3.8) is 0 Å². The summed E-state index contributed by atoms with van der Waals surface area (Å²) in [6, 6.07) is 4.59. The molecule has 4 rings (SSSR count). The van der Waals surface area contributed by atoms with Gasteiger partial charge in [-0.25, -0.2) is 4.39 Å². The number of aromatic hydroxyl groups is 1. The molecular weight excluding hydrogens is 421 g/mol. The van der Waals surface area contributed by atoms with E-state index in [1.54, 1.807) is 19.1 Å². The molecule has 1 aromatic heterocycles. The summed E-state index contributed by atoms with van der Waals surface area (Å²) in [5, 5.41) is 22.4. The van der Waals surface area contributed by atoms with E-state index in [0.717, 1.165) is 5.56 Å². The first-order valence-corrected chi connectivity index (χ1v) is 10.3. The number of carbonyl (C=O) groups excluding carboxylic acids is 2. The average molecular weight is 445 g/mol. The lowest BCUT2D eigenvalue weighted by Crippen LogP contribution is -2.56. The van der Waals surface area contributed by atoms with E-state index in [1.807, 2.05) is 0 Å². The van der Waals surface area contributed by atoms with Gasteiger partial charge in [0.25, 0.3) is 11.8 Å². The fourth-order valence-corrected chi connectivity index (χ4v) is 4.27. The maximum Gasteiger partial charge on any atom is 0.274 e. The number of nitrogens with zero attached hydrogens (tertiary/aromatic N) is 2. The Bertz CT molecular complexity index is 1140. The predicted octanol–water partition coefficient (Wildman–Crippen LogP) is 0.495. The molecule has 1 fully saturated rings. The number of carbonyl (C=O) groups is 2. The van der Waals surface area contributed by atoms with Crippen molar-refractivity contribution in [2.45, 2.75) is 25.4 Å². The first-order chi connectivity index (χ1) is 15.3. The number of aryl methyl sites for hydroxylation is 1. The molecular formula is C22H24FN3O6. The van der Waals surface area contributed by atoms with Gasteiger partial charge in [-0.2, -0.15) is 0 Å². The molecule has 0 aliphatic carbocycles. The van der Waals surface area contributed by atoms with Crippen molar-refractivity contribution in [3.8, 4) is 5.75 Å². The predicted molar refractivity (Wildman–Crippen MR) is 111 cm³/mol. The SMILES string of the molecule is Cc1ccc(CNC(=O)c2cn3c(c(O)c2=O)C(=O)N(CCO)CC32CCOC2)c(F)c1. The van der Waals surface area contributed by atoms with Gasteiger partial charge in [-0.15, -0.1) is 0 Å². The van der Waals surface area contributed by atoms with Gasteiger partial charge in [-0.3, -0.25) is 14.4 Å². The highest BCUT2D eigenvalue weighted by molar-refractivity contribution is 5.99. The fourth-order valence-electron chi connectivity index (χ4n) is 4.27. The van der Waals surface area contributed by atoms with Crippen LogP contribution in [0.3, 0.4) is 0 Å². The van der Waals surface area contributed by atoms with E-state index in [1.165, 1.54) is 21.7 Å². The molecule has 0 saturated carbocycles. The molecule has 3 N–H and O–H groups in total. The second-order valence-corrected chi connectivity index (χ2v) is 8.19. The standard InChI is InChI=1S/C22H24FN3O6/c1-13-2-3-14(16(23)8-13)9-24-20(30)15-10-26-17(19(29)18(15)28)21(31)25(5-6-27)11-22(26)4-7-32-12-22/h2-3,8,10,27,29H,4-7,9,11-12H2,1H3,(H,24,30). The Balaban J connectivity index is 1.71. The number of hydrogen-bond acceptors (Lipinski definition) is 6. The number of pyridine rings is 1. The molecule has 0 radical (unpaired) electrons. The zero-order valence-electron chi connectivity index (χ0n) is 17.6. The maximum atomic E-state index is 14.1. The Morgan fingerprint density at radius 2 is 2.12 bits per heavy atom. The van der Waals surface area contributed by atoms with Gasteiger partial charge < -0.3 is 29.7 Å². The van der Waals surface area contributed by atoms with Crippen molar-refractivity contribution in [2.75, 3.05) is 32.9 Å². The second kappa shape index (κ2) is 8.36. The molecule has 1 spiro atoms. The van der Waals surface area contributed by atoms with Crippen LogP contribution in [-0.4, -0.2) is 64.4 Å². The van der Waals surface area contributed by atoms with Crippen molar-refractivity contribution in [3.05, 3.63) is 62.8 Å². The minimum absolute atomic E-state index is 0.0402. The molecule has 170 valence electrons. The zero-order valence-corrected chi connectivity index (χ0v) is 17.6. The lowest BCUT2D eigenvalue weighted by Gasteiger charge is -2.42. The fraction of sp³-hybridized carbons (Fsp3) is 0.409. The van der Waals surface area contributed by atoms with E-state index >= 15 is 0 Å². The molecule has 3 heterocycles. The Labute approximate surface area is 183 Å². The van der Waals surface area contributed by atoms with Gasteiger partial charge >= 0.3 is 0 Å². The summed E-state index contributed by atoms with van der Waals surface area (Å²) in [6.45, 7) is 2.19. The molecule has 1 aromatic carbocycles. The van der Waals surface area contributed by atoms with Crippen molar-refractivity contribution in [2.24, 2.45) is 0 Å². The van der Waals surface area contributed by atoms with Crippen LogP contribution < -0.4 is 10.7 Å². The summed E-state index contributed by atoms with van der Waals surface area (Å²) < 4.78 is 21.1. The number of nitrogens with one attached hydrogen (secondary N) is 1. The van der Waals surface area contributed by atoms with Crippen LogP contribution in [0.5, 0.6) is 5.75 Å². The van der Waals surface area contributed by atoms with Crippen LogP contribution in [0.4, 0.5) is 4.39 Å².